The summed E-state index contributed by atoms with van der Waals surface area (Å²) in [4.78, 5) is 28.5. The van der Waals surface area contributed by atoms with Gasteiger partial charge in [0.2, 0.25) is 5.88 Å². The van der Waals surface area contributed by atoms with Crippen LogP contribution in [0.25, 0.3) is 10.2 Å². The van der Waals surface area contributed by atoms with E-state index in [0.717, 1.165) is 28.8 Å². The molecule has 28 heavy (non-hydrogen) atoms. The van der Waals surface area contributed by atoms with E-state index in [9.17, 15) is 14.7 Å². The first-order valence-corrected chi connectivity index (χ1v) is 10.5. The molecule has 0 aromatic carbocycles. The second kappa shape index (κ2) is 7.46. The summed E-state index contributed by atoms with van der Waals surface area (Å²) < 4.78 is 3.31. The Labute approximate surface area is 166 Å². The number of amides is 1. The predicted octanol–water partition coefficient (Wildman–Crippen LogP) is 2.93. The van der Waals surface area contributed by atoms with Crippen molar-refractivity contribution in [2.24, 2.45) is 0 Å². The predicted molar refractivity (Wildman–Crippen MR) is 108 cm³/mol. The molecule has 1 amide bonds. The molecule has 0 spiro atoms. The van der Waals surface area contributed by atoms with E-state index in [-0.39, 0.29) is 24.4 Å². The molecule has 0 aliphatic heterocycles. The van der Waals surface area contributed by atoms with Crippen LogP contribution in [0.1, 0.15) is 60.4 Å². The number of fused-ring (bicyclic) bond motifs is 1. The maximum atomic E-state index is 12.7. The van der Waals surface area contributed by atoms with E-state index in [4.69, 9.17) is 5.10 Å². The van der Waals surface area contributed by atoms with E-state index in [1.165, 1.54) is 41.4 Å². The van der Waals surface area contributed by atoms with Crippen molar-refractivity contribution < 1.29 is 9.90 Å². The number of carbonyl (C=O) groups excluding carboxylic acids is 1. The molecule has 1 aliphatic carbocycles. The molecule has 0 bridgehead atoms. The molecule has 3 aromatic rings. The van der Waals surface area contributed by atoms with Crippen molar-refractivity contribution in [1.29, 1.82) is 0 Å². The van der Waals surface area contributed by atoms with Crippen molar-refractivity contribution in [3.63, 3.8) is 0 Å². The summed E-state index contributed by atoms with van der Waals surface area (Å²) in [6, 6.07) is 2.01. The van der Waals surface area contributed by atoms with E-state index in [2.05, 4.69) is 15.0 Å². The zero-order chi connectivity index (χ0) is 19.8. The molecule has 3 aromatic heterocycles. The van der Waals surface area contributed by atoms with Gasteiger partial charge in [0.15, 0.2) is 0 Å². The maximum absolute atomic E-state index is 12.7. The first kappa shape index (κ1) is 18.8. The first-order valence-electron chi connectivity index (χ1n) is 9.70. The van der Waals surface area contributed by atoms with Gasteiger partial charge in [0.1, 0.15) is 4.83 Å². The third-order valence-electron chi connectivity index (χ3n) is 5.39. The van der Waals surface area contributed by atoms with Crippen LogP contribution in [0.15, 0.2) is 17.1 Å². The molecule has 8 nitrogen and oxygen atoms in total. The average molecular weight is 404 g/mol. The minimum atomic E-state index is -0.399. The number of carbonyl (C=O) groups is 1. The number of hydrogen-bond acceptors (Lipinski definition) is 5. The largest absolute Gasteiger partial charge is 0.493 e. The Hall–Kier alpha value is -2.55. The molecule has 0 radical (unpaired) electrons. The Balaban J connectivity index is 1.52. The van der Waals surface area contributed by atoms with Crippen LogP contribution < -0.4 is 11.0 Å². The Morgan fingerprint density at radius 3 is 2.86 bits per heavy atom. The monoisotopic (exact) mass is 403 g/mol. The summed E-state index contributed by atoms with van der Waals surface area (Å²) in [5, 5.41) is 18.4. The lowest BCUT2D eigenvalue weighted by molar-refractivity contribution is 0.0940. The van der Waals surface area contributed by atoms with Crippen LogP contribution in [0.3, 0.4) is 0 Å². The van der Waals surface area contributed by atoms with Gasteiger partial charge in [0.25, 0.3) is 5.91 Å². The van der Waals surface area contributed by atoms with Crippen molar-refractivity contribution in [1.82, 2.24) is 24.6 Å². The van der Waals surface area contributed by atoms with Crippen molar-refractivity contribution >= 4 is 27.5 Å². The van der Waals surface area contributed by atoms with Crippen LogP contribution in [0, 0.1) is 6.92 Å². The second-order valence-corrected chi connectivity index (χ2v) is 8.62. The van der Waals surface area contributed by atoms with Crippen LogP contribution in [0.4, 0.5) is 0 Å². The van der Waals surface area contributed by atoms with Gasteiger partial charge in [-0.05, 0) is 32.8 Å². The van der Waals surface area contributed by atoms with Crippen molar-refractivity contribution in [2.75, 3.05) is 0 Å². The molecular weight excluding hydrogens is 378 g/mol. The molecule has 1 aliphatic rings. The highest BCUT2D eigenvalue weighted by Crippen LogP contribution is 2.35. The summed E-state index contributed by atoms with van der Waals surface area (Å²) >= 11 is 1.47. The van der Waals surface area contributed by atoms with Crippen LogP contribution in [0.5, 0.6) is 5.88 Å². The quantitative estimate of drug-likeness (QED) is 0.609. The molecule has 3 heterocycles. The van der Waals surface area contributed by atoms with Crippen LogP contribution in [-0.2, 0) is 6.54 Å². The highest BCUT2D eigenvalue weighted by atomic mass is 32.1. The molecule has 3 N–H and O–H groups in total. The SMILES string of the molecule is Cc1nn(C2CCCCC2)c2sc(C(=O)N[C@H](C)Cn3c(O)c[nH]c3=O)cc12. The third-order valence-corrected chi connectivity index (χ3v) is 6.52. The van der Waals surface area contributed by atoms with Gasteiger partial charge < -0.3 is 15.4 Å². The second-order valence-electron chi connectivity index (χ2n) is 7.59. The number of imidazole rings is 1. The van der Waals surface area contributed by atoms with Crippen LogP contribution >= 0.6 is 11.3 Å². The molecule has 0 unspecified atom stereocenters. The summed E-state index contributed by atoms with van der Waals surface area (Å²) in [6.07, 6.45) is 7.26. The van der Waals surface area contributed by atoms with Gasteiger partial charge in [0.05, 0.1) is 29.4 Å². The molecule has 0 saturated heterocycles. The Morgan fingerprint density at radius 2 is 2.18 bits per heavy atom. The molecule has 1 saturated carbocycles. The Morgan fingerprint density at radius 1 is 1.43 bits per heavy atom. The van der Waals surface area contributed by atoms with Gasteiger partial charge in [-0.1, -0.05) is 19.3 Å². The number of H-pyrrole nitrogens is 1. The summed E-state index contributed by atoms with van der Waals surface area (Å²) in [5.74, 6) is -0.317. The number of aromatic nitrogens is 4. The molecule has 1 fully saturated rings. The highest BCUT2D eigenvalue weighted by molar-refractivity contribution is 7.20. The zero-order valence-corrected chi connectivity index (χ0v) is 16.9. The maximum Gasteiger partial charge on any atom is 0.328 e. The number of nitrogens with zero attached hydrogens (tertiary/aromatic N) is 3. The van der Waals surface area contributed by atoms with Gasteiger partial charge in [-0.3, -0.25) is 14.0 Å². The molecule has 1 atom stereocenters. The molecule has 9 heteroatoms. The normalized spacial score (nSPS) is 16.5. The van der Waals surface area contributed by atoms with Crippen LogP contribution in [0.2, 0.25) is 0 Å². The van der Waals surface area contributed by atoms with Crippen molar-refractivity contribution in [2.45, 2.75) is 64.6 Å². The standard InChI is InChI=1S/C19H25N5O3S/c1-11(10-23-16(25)9-20-19(23)27)21-17(26)15-8-14-12(2)22-24(18(14)28-15)13-6-4-3-5-7-13/h8-9,11,13,25H,3-7,10H2,1-2H3,(H,20,27)(H,21,26)/t11-/m1/s1. The third kappa shape index (κ3) is 3.46. The highest BCUT2D eigenvalue weighted by Gasteiger charge is 2.23. The lowest BCUT2D eigenvalue weighted by atomic mass is 9.96. The molecule has 4 rings (SSSR count). The first-order chi connectivity index (χ1) is 13.4. The fraction of sp³-hybridized carbons (Fsp3) is 0.526. The van der Waals surface area contributed by atoms with Crippen molar-refractivity contribution in [3.05, 3.63) is 33.3 Å². The summed E-state index contributed by atoms with van der Waals surface area (Å²) in [7, 11) is 0. The van der Waals surface area contributed by atoms with E-state index in [1.807, 2.05) is 13.0 Å². The Kier molecular flexibility index (Phi) is 5.01. The smallest absolute Gasteiger partial charge is 0.328 e. The van der Waals surface area contributed by atoms with E-state index < -0.39 is 5.69 Å². The number of aryl methyl sites for hydroxylation is 1. The van der Waals surface area contributed by atoms with Gasteiger partial charge in [-0.15, -0.1) is 11.3 Å². The van der Waals surface area contributed by atoms with Gasteiger partial charge in [-0.2, -0.15) is 5.10 Å². The lowest BCUT2D eigenvalue weighted by Crippen LogP contribution is -2.37. The number of hydrogen-bond donors (Lipinski definition) is 3. The van der Waals surface area contributed by atoms with Crippen LogP contribution in [-0.4, -0.2) is 36.4 Å². The van der Waals surface area contributed by atoms with E-state index in [0.29, 0.717) is 10.9 Å². The van der Waals surface area contributed by atoms with Gasteiger partial charge in [0, 0.05) is 11.4 Å². The Bertz CT molecular complexity index is 1050. The molecule has 150 valence electrons. The van der Waals surface area contributed by atoms with Gasteiger partial charge in [-0.25, -0.2) is 4.79 Å². The van der Waals surface area contributed by atoms with Crippen molar-refractivity contribution in [3.8, 4) is 5.88 Å². The topological polar surface area (TPSA) is 105 Å². The lowest BCUT2D eigenvalue weighted by Gasteiger charge is -2.22. The number of rotatable bonds is 5. The summed E-state index contributed by atoms with van der Waals surface area (Å²) in [6.45, 7) is 3.98. The average Bonchev–Trinajstić information content (AvgIpc) is 3.34. The number of aromatic amines is 1. The number of nitrogens with one attached hydrogen (secondary N) is 2. The number of thiophene rings is 1. The van der Waals surface area contributed by atoms with Gasteiger partial charge >= 0.3 is 5.69 Å². The number of aromatic hydroxyl groups is 1. The fourth-order valence-electron chi connectivity index (χ4n) is 3.93. The van der Waals surface area contributed by atoms with E-state index >= 15 is 0 Å². The van der Waals surface area contributed by atoms with E-state index in [1.54, 1.807) is 6.92 Å². The minimum Gasteiger partial charge on any atom is -0.493 e. The molecular formula is C19H25N5O3S. The minimum absolute atomic E-state index is 0.142. The summed E-state index contributed by atoms with van der Waals surface area (Å²) in [5.41, 5.74) is 0.552. The fourth-order valence-corrected chi connectivity index (χ4v) is 5.07. The zero-order valence-electron chi connectivity index (χ0n) is 16.1.